The van der Waals surface area contributed by atoms with Crippen molar-refractivity contribution in [2.45, 2.75) is 104 Å². The molecule has 0 saturated heterocycles. The van der Waals surface area contributed by atoms with Crippen LogP contribution in [-0.4, -0.2) is 102 Å². The molecule has 0 spiro atoms. The van der Waals surface area contributed by atoms with E-state index in [4.69, 9.17) is 31.3 Å². The van der Waals surface area contributed by atoms with Crippen LogP contribution in [0.1, 0.15) is 54.4 Å². The van der Waals surface area contributed by atoms with Gasteiger partial charge in [0.1, 0.15) is 0 Å². The molecular weight excluding hydrogens is 511 g/mol. The van der Waals surface area contributed by atoms with E-state index >= 15 is 0 Å². The van der Waals surface area contributed by atoms with Crippen LogP contribution in [-0.2, 0) is 31.3 Å². The van der Waals surface area contributed by atoms with Gasteiger partial charge < -0.3 is 36.2 Å². The van der Waals surface area contributed by atoms with E-state index in [2.05, 4.69) is 79.7 Å². The molecule has 0 rings (SSSR count). The quantitative estimate of drug-likeness (QED) is 0.140. The highest BCUT2D eigenvalue weighted by Crippen LogP contribution is 2.31. The molecule has 0 aliphatic carbocycles. The minimum Gasteiger partial charge on any atom is -0.437 e. The summed E-state index contributed by atoms with van der Waals surface area (Å²) < 4.78 is 42.6. The summed E-state index contributed by atoms with van der Waals surface area (Å²) in [5.74, 6) is 0. The van der Waals surface area contributed by atoms with Crippen molar-refractivity contribution in [3.05, 3.63) is 0 Å². The molecule has 0 aromatic rings. The first-order valence-electron chi connectivity index (χ1n) is 13.4. The van der Waals surface area contributed by atoms with Crippen molar-refractivity contribution < 1.29 is 31.3 Å². The molecule has 1 atom stereocenters. The smallest absolute Gasteiger partial charge is 0.437 e. The molecule has 0 aliphatic heterocycles. The van der Waals surface area contributed by atoms with E-state index in [0.29, 0.717) is 26.4 Å². The van der Waals surface area contributed by atoms with Gasteiger partial charge in [-0.15, -0.1) is 0 Å². The average molecular weight is 570 g/mol. The van der Waals surface area contributed by atoms with E-state index in [9.17, 15) is 0 Å². The van der Waals surface area contributed by atoms with Crippen LogP contribution >= 0.6 is 0 Å². The highest BCUT2D eigenvalue weighted by molar-refractivity contribution is 6.85. The third kappa shape index (κ3) is 21.3. The molecular formula is C25H59NO7Si3. The maximum Gasteiger partial charge on any atom is 0.489 e. The zero-order chi connectivity index (χ0) is 28.1. The van der Waals surface area contributed by atoms with E-state index in [1.165, 1.54) is 0 Å². The second kappa shape index (κ2) is 16.4. The fourth-order valence-corrected chi connectivity index (χ4v) is 17.1. The lowest BCUT2D eigenvalue weighted by Crippen LogP contribution is -2.60. The molecule has 0 fully saturated rings. The first-order chi connectivity index (χ1) is 16.3. The summed E-state index contributed by atoms with van der Waals surface area (Å²) in [4.78, 5) is 2.36. The Morgan fingerprint density at radius 2 is 1.11 bits per heavy atom. The van der Waals surface area contributed by atoms with Crippen molar-refractivity contribution in [1.82, 2.24) is 4.90 Å². The second-order valence-corrected chi connectivity index (χ2v) is 23.5. The van der Waals surface area contributed by atoms with Crippen LogP contribution in [0.5, 0.6) is 0 Å². The number of methoxy groups -OCH3 is 1. The largest absolute Gasteiger partial charge is 0.489 e. The van der Waals surface area contributed by atoms with Gasteiger partial charge in [0.05, 0.1) is 37.6 Å². The average Bonchev–Trinajstić information content (AvgIpc) is 2.61. The third-order valence-electron chi connectivity index (χ3n) is 4.71. The summed E-state index contributed by atoms with van der Waals surface area (Å²) in [5.41, 5.74) is -0.724. The molecule has 0 bridgehead atoms. The number of ether oxygens (including phenoxy) is 3. The zero-order valence-electron chi connectivity index (χ0n) is 25.9. The van der Waals surface area contributed by atoms with Gasteiger partial charge in [-0.2, -0.15) is 0 Å². The lowest BCUT2D eigenvalue weighted by Gasteiger charge is -2.44. The highest BCUT2D eigenvalue weighted by Gasteiger charge is 2.50. The van der Waals surface area contributed by atoms with E-state index in [1.54, 1.807) is 7.11 Å². The fourth-order valence-electron chi connectivity index (χ4n) is 4.02. The van der Waals surface area contributed by atoms with Gasteiger partial charge in [-0.3, -0.25) is 0 Å². The molecule has 36 heavy (non-hydrogen) atoms. The SMILES string of the molecule is COCCOCCOCCCN(C)CCC[Si](C)(O[Si](C)(C)C)O[Si](C)(OC(C)(C)C)OC(C)(C)C. The molecule has 0 aliphatic rings. The standard InChI is InChI=1S/C25H59NO7Si3/c1-24(2,3)30-36(13,31-25(4,5)6)33-35(12,32-34(9,10)11)23-15-17-26(7)16-14-18-28-21-22-29-20-19-27-8/h14-23H2,1-13H3. The van der Waals surface area contributed by atoms with Crippen LogP contribution in [0.15, 0.2) is 0 Å². The maximum absolute atomic E-state index is 6.88. The summed E-state index contributed by atoms with van der Waals surface area (Å²) >= 11 is 0. The minimum atomic E-state index is -2.97. The molecule has 1 unspecified atom stereocenters. The molecule has 0 radical (unpaired) electrons. The van der Waals surface area contributed by atoms with Crippen LogP contribution in [0.3, 0.4) is 0 Å². The number of hydrogen-bond acceptors (Lipinski definition) is 8. The van der Waals surface area contributed by atoms with Gasteiger partial charge in [0, 0.05) is 26.8 Å². The van der Waals surface area contributed by atoms with Crippen molar-refractivity contribution in [3.8, 4) is 0 Å². The van der Waals surface area contributed by atoms with Crippen molar-refractivity contribution in [2.75, 3.05) is 60.3 Å². The van der Waals surface area contributed by atoms with E-state index < -0.39 is 25.7 Å². The first kappa shape index (κ1) is 36.3. The predicted molar refractivity (Wildman–Crippen MR) is 155 cm³/mol. The van der Waals surface area contributed by atoms with Crippen molar-refractivity contribution in [2.24, 2.45) is 0 Å². The van der Waals surface area contributed by atoms with E-state index in [0.717, 1.165) is 38.6 Å². The normalized spacial score (nSPS) is 15.5. The molecule has 0 heterocycles. The Balaban J connectivity index is 4.85. The van der Waals surface area contributed by atoms with Crippen LogP contribution in [0.25, 0.3) is 0 Å². The van der Waals surface area contributed by atoms with Crippen LogP contribution in [0, 0.1) is 0 Å². The lowest BCUT2D eigenvalue weighted by atomic mass is 10.2. The van der Waals surface area contributed by atoms with Crippen LogP contribution in [0.2, 0.25) is 38.8 Å². The minimum absolute atomic E-state index is 0.362. The lowest BCUT2D eigenvalue weighted by molar-refractivity contribution is -0.0221. The topological polar surface area (TPSA) is 67.9 Å². The Bertz CT molecular complexity index is 563. The molecule has 0 saturated carbocycles. The van der Waals surface area contributed by atoms with Crippen LogP contribution < -0.4 is 0 Å². The Morgan fingerprint density at radius 1 is 0.639 bits per heavy atom. The van der Waals surface area contributed by atoms with Gasteiger partial charge in [-0.05, 0) is 100 Å². The van der Waals surface area contributed by atoms with Gasteiger partial charge in [0.15, 0.2) is 8.32 Å². The molecule has 0 aromatic heterocycles. The highest BCUT2D eigenvalue weighted by atomic mass is 28.5. The Kier molecular flexibility index (Phi) is 16.6. The first-order valence-corrected chi connectivity index (χ1v) is 21.6. The van der Waals surface area contributed by atoms with Crippen molar-refractivity contribution in [3.63, 3.8) is 0 Å². The molecule has 8 nitrogen and oxygen atoms in total. The fraction of sp³-hybridized carbons (Fsp3) is 1.00. The van der Waals surface area contributed by atoms with Gasteiger partial charge in [-0.25, -0.2) is 0 Å². The monoisotopic (exact) mass is 569 g/mol. The van der Waals surface area contributed by atoms with Crippen molar-refractivity contribution in [1.29, 1.82) is 0 Å². The summed E-state index contributed by atoms with van der Waals surface area (Å²) in [5, 5.41) is 0. The molecule has 0 aromatic carbocycles. The molecule has 0 N–H and O–H groups in total. The van der Waals surface area contributed by atoms with Crippen molar-refractivity contribution >= 4 is 25.7 Å². The number of nitrogens with zero attached hydrogens (tertiary/aromatic N) is 1. The summed E-state index contributed by atoms with van der Waals surface area (Å²) in [6, 6.07) is 0.903. The molecule has 11 heteroatoms. The predicted octanol–water partition coefficient (Wildman–Crippen LogP) is 5.52. The number of hydrogen-bond donors (Lipinski definition) is 0. The summed E-state index contributed by atoms with van der Waals surface area (Å²) in [6.45, 7) is 28.4. The van der Waals surface area contributed by atoms with E-state index in [1.807, 2.05) is 6.55 Å². The second-order valence-electron chi connectivity index (χ2n) is 12.7. The maximum atomic E-state index is 6.88. The summed E-state index contributed by atoms with van der Waals surface area (Å²) in [7, 11) is -3.51. The Labute approximate surface area is 226 Å². The van der Waals surface area contributed by atoms with E-state index in [-0.39, 0.29) is 11.2 Å². The molecule has 0 amide bonds. The van der Waals surface area contributed by atoms with Gasteiger partial charge in [0.2, 0.25) is 0 Å². The van der Waals surface area contributed by atoms with Gasteiger partial charge in [-0.1, -0.05) is 0 Å². The van der Waals surface area contributed by atoms with Gasteiger partial charge in [0.25, 0.3) is 0 Å². The summed E-state index contributed by atoms with van der Waals surface area (Å²) in [6.07, 6.45) is 2.00. The Hall–Kier alpha value is 0.331. The van der Waals surface area contributed by atoms with Crippen LogP contribution in [0.4, 0.5) is 0 Å². The number of rotatable bonds is 20. The third-order valence-corrected chi connectivity index (χ3v) is 15.3. The van der Waals surface area contributed by atoms with Gasteiger partial charge >= 0.3 is 17.4 Å². The zero-order valence-corrected chi connectivity index (χ0v) is 28.9. The Morgan fingerprint density at radius 3 is 1.58 bits per heavy atom. The molecule has 218 valence electrons.